The summed E-state index contributed by atoms with van der Waals surface area (Å²) in [5.41, 5.74) is -0.619. The lowest BCUT2D eigenvalue weighted by Gasteiger charge is -2.30. The van der Waals surface area contributed by atoms with Crippen molar-refractivity contribution in [3.63, 3.8) is 0 Å². The molecule has 0 aliphatic carbocycles. The summed E-state index contributed by atoms with van der Waals surface area (Å²) >= 11 is 0. The molecular formula is C41H83NO4. The summed E-state index contributed by atoms with van der Waals surface area (Å²) in [6.07, 6.45) is 33.8. The molecule has 0 bridgehead atoms. The standard InChI is InChI=1S/C41H83NO4/c1-8-10-12-14-16-18-20-22-24-26-28-30-34-42(35-31-29-27-25-23-21-19-17-15-13-11-9-2)39(43)38-46-41(5,6)33-37-45-40(3,4)32-36-44-7/h8-38H2,1-7H3. The lowest BCUT2D eigenvalue weighted by atomic mass is 10.0. The third kappa shape index (κ3) is 30.7. The fourth-order valence-corrected chi connectivity index (χ4v) is 6.06. The van der Waals surface area contributed by atoms with E-state index in [0.717, 1.165) is 38.8 Å². The molecule has 0 unspecified atom stereocenters. The van der Waals surface area contributed by atoms with Gasteiger partial charge >= 0.3 is 0 Å². The minimum absolute atomic E-state index is 0.153. The Bertz CT molecular complexity index is 622. The van der Waals surface area contributed by atoms with Crippen LogP contribution in [-0.4, -0.2) is 62.0 Å². The molecule has 0 aliphatic rings. The Morgan fingerprint density at radius 3 is 1.17 bits per heavy atom. The van der Waals surface area contributed by atoms with Gasteiger partial charge in [-0.15, -0.1) is 0 Å². The van der Waals surface area contributed by atoms with Gasteiger partial charge < -0.3 is 19.1 Å². The molecule has 5 nitrogen and oxygen atoms in total. The zero-order valence-corrected chi connectivity index (χ0v) is 32.5. The first-order valence-electron chi connectivity index (χ1n) is 20.2. The van der Waals surface area contributed by atoms with E-state index in [1.54, 1.807) is 7.11 Å². The van der Waals surface area contributed by atoms with E-state index >= 15 is 0 Å². The number of amides is 1. The van der Waals surface area contributed by atoms with E-state index in [4.69, 9.17) is 14.2 Å². The molecule has 0 heterocycles. The monoisotopic (exact) mass is 654 g/mol. The first-order valence-corrected chi connectivity index (χ1v) is 20.2. The summed E-state index contributed by atoms with van der Waals surface area (Å²) in [7, 11) is 1.73. The Morgan fingerprint density at radius 1 is 0.478 bits per heavy atom. The minimum Gasteiger partial charge on any atom is -0.385 e. The SMILES string of the molecule is CCCCCCCCCCCCCCN(CCCCCCCCCCCCCC)C(=O)COC(C)(C)CCOC(C)(C)CCOC. The van der Waals surface area contributed by atoms with Crippen molar-refractivity contribution >= 4 is 5.91 Å². The molecular weight excluding hydrogens is 570 g/mol. The Morgan fingerprint density at radius 2 is 0.804 bits per heavy atom. The second kappa shape index (κ2) is 31.6. The molecule has 5 heteroatoms. The number of carbonyl (C=O) groups excluding carboxylic acids is 1. The van der Waals surface area contributed by atoms with E-state index in [2.05, 4.69) is 46.4 Å². The molecule has 0 radical (unpaired) electrons. The predicted octanol–water partition coefficient (Wildman–Crippen LogP) is 12.2. The van der Waals surface area contributed by atoms with Crippen LogP contribution in [0.15, 0.2) is 0 Å². The summed E-state index contributed by atoms with van der Waals surface area (Å²) in [5, 5.41) is 0. The van der Waals surface area contributed by atoms with Gasteiger partial charge in [-0.25, -0.2) is 0 Å². The molecule has 0 rings (SSSR count). The van der Waals surface area contributed by atoms with Gasteiger partial charge in [-0.1, -0.05) is 155 Å². The summed E-state index contributed by atoms with van der Waals surface area (Å²) < 4.78 is 17.5. The van der Waals surface area contributed by atoms with Crippen molar-refractivity contribution in [2.75, 3.05) is 40.0 Å². The smallest absolute Gasteiger partial charge is 0.248 e. The molecule has 0 aromatic heterocycles. The average molecular weight is 654 g/mol. The molecule has 0 aromatic rings. The zero-order chi connectivity index (χ0) is 34.2. The largest absolute Gasteiger partial charge is 0.385 e. The molecule has 1 amide bonds. The van der Waals surface area contributed by atoms with Gasteiger partial charge in [0.15, 0.2) is 0 Å². The Balaban J connectivity index is 4.45. The van der Waals surface area contributed by atoms with Crippen LogP contribution in [0.3, 0.4) is 0 Å². The van der Waals surface area contributed by atoms with Gasteiger partial charge in [0.1, 0.15) is 6.61 Å². The van der Waals surface area contributed by atoms with Gasteiger partial charge in [-0.2, -0.15) is 0 Å². The van der Waals surface area contributed by atoms with Crippen molar-refractivity contribution in [3.05, 3.63) is 0 Å². The van der Waals surface area contributed by atoms with Gasteiger partial charge in [-0.05, 0) is 53.4 Å². The second-order valence-corrected chi connectivity index (χ2v) is 15.3. The minimum atomic E-state index is -0.398. The van der Waals surface area contributed by atoms with Crippen molar-refractivity contribution in [3.8, 4) is 0 Å². The van der Waals surface area contributed by atoms with E-state index in [1.807, 2.05) is 0 Å². The third-order valence-corrected chi connectivity index (χ3v) is 9.61. The lowest BCUT2D eigenvalue weighted by Crippen LogP contribution is -2.39. The van der Waals surface area contributed by atoms with E-state index in [-0.39, 0.29) is 18.1 Å². The van der Waals surface area contributed by atoms with Crippen molar-refractivity contribution in [1.82, 2.24) is 4.90 Å². The quantitative estimate of drug-likeness (QED) is 0.0631. The molecule has 0 fully saturated rings. The number of unbranched alkanes of at least 4 members (excludes halogenated alkanes) is 22. The predicted molar refractivity (Wildman–Crippen MR) is 200 cm³/mol. The second-order valence-electron chi connectivity index (χ2n) is 15.3. The van der Waals surface area contributed by atoms with Crippen LogP contribution in [0.5, 0.6) is 0 Å². The van der Waals surface area contributed by atoms with Gasteiger partial charge in [0.05, 0.1) is 17.8 Å². The fraction of sp³-hybridized carbons (Fsp3) is 0.976. The molecule has 0 aromatic carbocycles. The number of hydrogen-bond donors (Lipinski definition) is 0. The molecule has 0 saturated carbocycles. The van der Waals surface area contributed by atoms with Crippen molar-refractivity contribution < 1.29 is 19.0 Å². The molecule has 46 heavy (non-hydrogen) atoms. The van der Waals surface area contributed by atoms with Crippen LogP contribution >= 0.6 is 0 Å². The highest BCUT2D eigenvalue weighted by Crippen LogP contribution is 2.20. The van der Waals surface area contributed by atoms with Crippen LogP contribution in [0.2, 0.25) is 0 Å². The molecule has 0 N–H and O–H groups in total. The highest BCUT2D eigenvalue weighted by atomic mass is 16.5. The normalized spacial score (nSPS) is 12.2. The number of rotatable bonds is 36. The molecule has 0 atom stereocenters. The maximum absolute atomic E-state index is 13.4. The molecule has 0 aliphatic heterocycles. The maximum Gasteiger partial charge on any atom is 0.248 e. The molecule has 0 saturated heterocycles. The van der Waals surface area contributed by atoms with Crippen LogP contribution in [-0.2, 0) is 19.0 Å². The summed E-state index contributed by atoms with van der Waals surface area (Å²) in [5.74, 6) is 0.153. The highest BCUT2D eigenvalue weighted by Gasteiger charge is 2.24. The van der Waals surface area contributed by atoms with Crippen LogP contribution in [0, 0.1) is 0 Å². The Kier molecular flexibility index (Phi) is 31.2. The number of carbonyl (C=O) groups is 1. The highest BCUT2D eigenvalue weighted by molar-refractivity contribution is 5.77. The Hall–Kier alpha value is -0.650. The average Bonchev–Trinajstić information content (AvgIpc) is 3.02. The van der Waals surface area contributed by atoms with E-state index in [9.17, 15) is 4.79 Å². The topological polar surface area (TPSA) is 48.0 Å². The third-order valence-electron chi connectivity index (χ3n) is 9.61. The van der Waals surface area contributed by atoms with Gasteiger partial charge in [0, 0.05) is 26.8 Å². The summed E-state index contributed by atoms with van der Waals surface area (Å²) in [6, 6.07) is 0. The van der Waals surface area contributed by atoms with Crippen molar-refractivity contribution in [1.29, 1.82) is 0 Å². The van der Waals surface area contributed by atoms with Gasteiger partial charge in [0.25, 0.3) is 0 Å². The van der Waals surface area contributed by atoms with Crippen LogP contribution < -0.4 is 0 Å². The van der Waals surface area contributed by atoms with E-state index in [0.29, 0.717) is 13.2 Å². The fourth-order valence-electron chi connectivity index (χ4n) is 6.06. The zero-order valence-electron chi connectivity index (χ0n) is 32.5. The van der Waals surface area contributed by atoms with Crippen LogP contribution in [0.25, 0.3) is 0 Å². The molecule has 0 spiro atoms. The van der Waals surface area contributed by atoms with Crippen LogP contribution in [0.4, 0.5) is 0 Å². The van der Waals surface area contributed by atoms with Gasteiger partial charge in [-0.3, -0.25) is 4.79 Å². The van der Waals surface area contributed by atoms with E-state index < -0.39 is 5.60 Å². The maximum atomic E-state index is 13.4. The number of ether oxygens (including phenoxy) is 3. The first-order chi connectivity index (χ1) is 22.2. The number of methoxy groups -OCH3 is 1. The van der Waals surface area contributed by atoms with Crippen molar-refractivity contribution in [2.24, 2.45) is 0 Å². The van der Waals surface area contributed by atoms with Crippen molar-refractivity contribution in [2.45, 2.75) is 220 Å². The first kappa shape index (κ1) is 45.3. The van der Waals surface area contributed by atoms with E-state index in [1.165, 1.54) is 141 Å². The van der Waals surface area contributed by atoms with Gasteiger partial charge in [0.2, 0.25) is 5.91 Å². The Labute approximate surface area is 289 Å². The summed E-state index contributed by atoms with van der Waals surface area (Å²) in [6.45, 7) is 16.1. The molecule has 276 valence electrons. The van der Waals surface area contributed by atoms with Crippen LogP contribution in [0.1, 0.15) is 208 Å². The number of hydrogen-bond acceptors (Lipinski definition) is 4. The number of nitrogens with zero attached hydrogens (tertiary/aromatic N) is 1. The summed E-state index contributed by atoms with van der Waals surface area (Å²) in [4.78, 5) is 15.5. The lowest BCUT2D eigenvalue weighted by molar-refractivity contribution is -0.144.